The minimum Gasteiger partial charge on any atom is -0.351 e. The molecular weight excluding hydrogens is 382 g/mol. The van der Waals surface area contributed by atoms with Crippen molar-refractivity contribution in [1.82, 2.24) is 14.9 Å². The van der Waals surface area contributed by atoms with Crippen LogP contribution in [0.25, 0.3) is 0 Å². The first kappa shape index (κ1) is 20.9. The van der Waals surface area contributed by atoms with E-state index in [9.17, 15) is 9.59 Å². The summed E-state index contributed by atoms with van der Waals surface area (Å²) in [5, 5.41) is 3.44. The van der Waals surface area contributed by atoms with E-state index in [-0.39, 0.29) is 17.2 Å². The average molecular weight is 408 g/mol. The Bertz CT molecular complexity index is 1060. The topological polar surface area (TPSA) is 64.0 Å². The summed E-state index contributed by atoms with van der Waals surface area (Å²) in [6.07, 6.45) is 0.551. The van der Waals surface area contributed by atoms with Gasteiger partial charge in [0.2, 0.25) is 5.91 Å². The summed E-state index contributed by atoms with van der Waals surface area (Å²) in [6, 6.07) is 17.9. The van der Waals surface area contributed by atoms with Gasteiger partial charge in [-0.05, 0) is 25.0 Å². The maximum absolute atomic E-state index is 12.9. The highest BCUT2D eigenvalue weighted by Crippen LogP contribution is 2.17. The largest absolute Gasteiger partial charge is 0.351 e. The second-order valence-electron chi connectivity index (χ2n) is 7.04. The Kier molecular flexibility index (Phi) is 6.88. The normalized spacial score (nSPS) is 10.7. The highest BCUT2D eigenvalue weighted by molar-refractivity contribution is 7.99. The van der Waals surface area contributed by atoms with Crippen molar-refractivity contribution in [3.8, 4) is 0 Å². The number of nitrogens with one attached hydrogen (secondary N) is 1. The van der Waals surface area contributed by atoms with Crippen molar-refractivity contribution < 1.29 is 4.79 Å². The number of hydrogen-bond acceptors (Lipinski definition) is 4. The molecule has 1 N–H and O–H groups in total. The zero-order valence-corrected chi connectivity index (χ0v) is 17.8. The Morgan fingerprint density at radius 1 is 1.07 bits per heavy atom. The van der Waals surface area contributed by atoms with Gasteiger partial charge in [-0.25, -0.2) is 4.98 Å². The summed E-state index contributed by atoms with van der Waals surface area (Å²) in [5.41, 5.74) is 4.64. The molecule has 0 aliphatic rings. The molecule has 0 spiro atoms. The van der Waals surface area contributed by atoms with E-state index < -0.39 is 0 Å². The average Bonchev–Trinajstić information content (AvgIpc) is 2.72. The molecule has 0 atom stereocenters. The van der Waals surface area contributed by atoms with Crippen molar-refractivity contribution >= 4 is 17.7 Å². The molecule has 150 valence electrons. The molecule has 0 saturated carbocycles. The molecule has 3 aromatic rings. The van der Waals surface area contributed by atoms with Crippen LogP contribution in [-0.2, 0) is 24.8 Å². The molecule has 29 heavy (non-hydrogen) atoms. The molecule has 2 aromatic carbocycles. The summed E-state index contributed by atoms with van der Waals surface area (Å²) >= 11 is 1.28. The maximum atomic E-state index is 12.9. The number of benzene rings is 2. The van der Waals surface area contributed by atoms with Crippen molar-refractivity contribution in [3.63, 3.8) is 0 Å². The van der Waals surface area contributed by atoms with Crippen LogP contribution >= 0.6 is 11.8 Å². The van der Waals surface area contributed by atoms with Crippen LogP contribution in [-0.4, -0.2) is 21.2 Å². The zero-order valence-electron chi connectivity index (χ0n) is 16.9. The van der Waals surface area contributed by atoms with Crippen molar-refractivity contribution in [2.24, 2.45) is 7.05 Å². The SMILES string of the molecule is Cc1cccc(Cc2c(C)nc(SCC(=O)NCc3ccccc3)n(C)c2=O)c1. The molecule has 0 fully saturated rings. The number of aryl methyl sites for hydroxylation is 2. The monoisotopic (exact) mass is 407 g/mol. The van der Waals surface area contributed by atoms with Crippen molar-refractivity contribution in [1.29, 1.82) is 0 Å². The van der Waals surface area contributed by atoms with E-state index in [0.717, 1.165) is 11.1 Å². The molecule has 0 radical (unpaired) electrons. The molecule has 1 heterocycles. The molecule has 0 aliphatic carbocycles. The summed E-state index contributed by atoms with van der Waals surface area (Å²) in [7, 11) is 1.71. The van der Waals surface area contributed by atoms with E-state index in [1.807, 2.05) is 62.4 Å². The second-order valence-corrected chi connectivity index (χ2v) is 7.98. The van der Waals surface area contributed by atoms with Gasteiger partial charge in [0.15, 0.2) is 5.16 Å². The number of aromatic nitrogens is 2. The third-order valence-electron chi connectivity index (χ3n) is 4.68. The molecule has 6 heteroatoms. The summed E-state index contributed by atoms with van der Waals surface area (Å²) in [6.45, 7) is 4.38. The highest BCUT2D eigenvalue weighted by atomic mass is 32.2. The van der Waals surface area contributed by atoms with Crippen LogP contribution in [0.15, 0.2) is 64.5 Å². The van der Waals surface area contributed by atoms with Crippen LogP contribution < -0.4 is 10.9 Å². The second kappa shape index (κ2) is 9.56. The van der Waals surface area contributed by atoms with Crippen LogP contribution in [0.5, 0.6) is 0 Å². The minimum atomic E-state index is -0.0883. The van der Waals surface area contributed by atoms with E-state index in [1.165, 1.54) is 21.9 Å². The van der Waals surface area contributed by atoms with Gasteiger partial charge in [-0.2, -0.15) is 0 Å². The van der Waals surface area contributed by atoms with Gasteiger partial charge in [-0.1, -0.05) is 71.9 Å². The Morgan fingerprint density at radius 2 is 1.79 bits per heavy atom. The molecule has 5 nitrogen and oxygen atoms in total. The highest BCUT2D eigenvalue weighted by Gasteiger charge is 2.14. The third-order valence-corrected chi connectivity index (χ3v) is 5.71. The summed E-state index contributed by atoms with van der Waals surface area (Å²) in [4.78, 5) is 29.6. The Balaban J connectivity index is 1.66. The van der Waals surface area contributed by atoms with Crippen LogP contribution in [0.1, 0.15) is 27.9 Å². The molecular formula is C23H25N3O2S. The summed E-state index contributed by atoms with van der Waals surface area (Å²) < 4.78 is 1.53. The first-order valence-electron chi connectivity index (χ1n) is 9.49. The van der Waals surface area contributed by atoms with Crippen LogP contribution in [0.3, 0.4) is 0 Å². The first-order valence-corrected chi connectivity index (χ1v) is 10.5. The van der Waals surface area contributed by atoms with Gasteiger partial charge in [0.05, 0.1) is 5.75 Å². The first-order chi connectivity index (χ1) is 13.9. The van der Waals surface area contributed by atoms with E-state index in [4.69, 9.17) is 0 Å². The number of carbonyl (C=O) groups is 1. The lowest BCUT2D eigenvalue weighted by Gasteiger charge is -2.12. The number of rotatable bonds is 7. The number of carbonyl (C=O) groups excluding carboxylic acids is 1. The van der Waals surface area contributed by atoms with Crippen molar-refractivity contribution in [3.05, 3.63) is 92.9 Å². The fraction of sp³-hybridized carbons (Fsp3) is 0.261. The molecule has 0 unspecified atom stereocenters. The lowest BCUT2D eigenvalue weighted by molar-refractivity contribution is -0.118. The summed E-state index contributed by atoms with van der Waals surface area (Å²) in [5.74, 6) is 0.124. The van der Waals surface area contributed by atoms with E-state index in [1.54, 1.807) is 7.05 Å². The lowest BCUT2D eigenvalue weighted by atomic mass is 10.0. The zero-order chi connectivity index (χ0) is 20.8. The number of amides is 1. The fourth-order valence-electron chi connectivity index (χ4n) is 3.07. The van der Waals surface area contributed by atoms with Crippen LogP contribution in [0.4, 0.5) is 0 Å². The van der Waals surface area contributed by atoms with Gasteiger partial charge in [0, 0.05) is 31.3 Å². The van der Waals surface area contributed by atoms with Gasteiger partial charge in [0.1, 0.15) is 0 Å². The van der Waals surface area contributed by atoms with E-state index >= 15 is 0 Å². The molecule has 0 bridgehead atoms. The standard InChI is InChI=1S/C23H25N3O2S/c1-16-8-7-11-19(12-16)13-20-17(2)25-23(26(3)22(20)28)29-15-21(27)24-14-18-9-5-4-6-10-18/h4-12H,13-15H2,1-3H3,(H,24,27). The van der Waals surface area contributed by atoms with Crippen molar-refractivity contribution in [2.75, 3.05) is 5.75 Å². The van der Waals surface area contributed by atoms with E-state index in [0.29, 0.717) is 29.4 Å². The van der Waals surface area contributed by atoms with Gasteiger partial charge in [0.25, 0.3) is 5.56 Å². The minimum absolute atomic E-state index is 0.0637. The Morgan fingerprint density at radius 3 is 2.52 bits per heavy atom. The number of nitrogens with zero attached hydrogens (tertiary/aromatic N) is 2. The Hall–Kier alpha value is -2.86. The molecule has 1 amide bonds. The molecule has 0 aliphatic heterocycles. The Labute approximate surface area is 175 Å². The van der Waals surface area contributed by atoms with Gasteiger partial charge in [-0.3, -0.25) is 14.2 Å². The van der Waals surface area contributed by atoms with Crippen molar-refractivity contribution in [2.45, 2.75) is 32.0 Å². The predicted molar refractivity (Wildman–Crippen MR) is 117 cm³/mol. The van der Waals surface area contributed by atoms with E-state index in [2.05, 4.69) is 16.4 Å². The predicted octanol–water partition coefficient (Wildman–Crippen LogP) is 3.40. The lowest BCUT2D eigenvalue weighted by Crippen LogP contribution is -2.28. The van der Waals surface area contributed by atoms with Crippen LogP contribution in [0, 0.1) is 13.8 Å². The quantitative estimate of drug-likeness (QED) is 0.482. The number of thioether (sulfide) groups is 1. The molecule has 3 rings (SSSR count). The van der Waals surface area contributed by atoms with Gasteiger partial charge >= 0.3 is 0 Å². The van der Waals surface area contributed by atoms with Crippen LogP contribution in [0.2, 0.25) is 0 Å². The molecule has 0 saturated heterocycles. The maximum Gasteiger partial charge on any atom is 0.257 e. The smallest absolute Gasteiger partial charge is 0.257 e. The number of hydrogen-bond donors (Lipinski definition) is 1. The third kappa shape index (κ3) is 5.57. The van der Waals surface area contributed by atoms with Gasteiger partial charge in [-0.15, -0.1) is 0 Å². The molecule has 1 aromatic heterocycles. The van der Waals surface area contributed by atoms with Gasteiger partial charge < -0.3 is 5.32 Å². The fourth-order valence-corrected chi connectivity index (χ4v) is 3.91.